The predicted molar refractivity (Wildman–Crippen MR) is 282 cm³/mol. The summed E-state index contributed by atoms with van der Waals surface area (Å²) in [5.74, 6) is 0. The second-order valence-electron chi connectivity index (χ2n) is 15.2. The number of H-pyrrole nitrogens is 2. The van der Waals surface area contributed by atoms with Crippen molar-refractivity contribution in [2.75, 3.05) is 26.4 Å². The van der Waals surface area contributed by atoms with E-state index in [1.165, 1.54) is 25.7 Å². The summed E-state index contributed by atoms with van der Waals surface area (Å²) in [5.41, 5.74) is 14.5. The summed E-state index contributed by atoms with van der Waals surface area (Å²) in [4.78, 5) is 18.1. The number of aromatic nitrogens is 4. The molecule has 0 spiro atoms. The number of nitrogens with one attached hydrogen (secondary N) is 2. The van der Waals surface area contributed by atoms with E-state index >= 15 is 0 Å². The number of hydrogen-bond acceptors (Lipinski definition) is 4. The second-order valence-corrected chi connectivity index (χ2v) is 16.9. The number of fused-ring (bicyclic) bond motifs is 8. The van der Waals surface area contributed by atoms with Crippen LogP contribution in [0.2, 0.25) is 20.1 Å². The molecule has 355 valence electrons. The van der Waals surface area contributed by atoms with Gasteiger partial charge in [0.1, 0.15) is 0 Å². The van der Waals surface area contributed by atoms with Crippen LogP contribution in [0.4, 0.5) is 0 Å². The van der Waals surface area contributed by atoms with Crippen LogP contribution in [0, 0.1) is 26.6 Å². The van der Waals surface area contributed by atoms with E-state index < -0.39 is 0 Å². The van der Waals surface area contributed by atoms with E-state index in [0.717, 1.165) is 116 Å². The van der Waals surface area contributed by atoms with Crippen molar-refractivity contribution in [3.8, 4) is 44.5 Å². The molecule has 0 unspecified atom stereocenters. The minimum Gasteiger partial charge on any atom is 2.00 e. The van der Waals surface area contributed by atoms with Gasteiger partial charge in [-0.15, -0.1) is 0 Å². The summed E-state index contributed by atoms with van der Waals surface area (Å²) in [6, 6.07) is 39.8. The van der Waals surface area contributed by atoms with Gasteiger partial charge in [0.2, 0.25) is 0 Å². The molecular weight excluding hydrogens is 1090 g/mol. The number of ether oxygens (including phenoxy) is 2. The van der Waals surface area contributed by atoms with E-state index in [9.17, 15) is 0 Å². The molecule has 7 aromatic rings. The van der Waals surface area contributed by atoms with Crippen molar-refractivity contribution in [1.82, 2.24) is 19.9 Å². The van der Waals surface area contributed by atoms with Crippen LogP contribution in [0.15, 0.2) is 121 Å². The second kappa shape index (κ2) is 32.0. The average Bonchev–Trinajstić information content (AvgIpc) is 4.27. The molecule has 4 aromatic carbocycles. The van der Waals surface area contributed by atoms with Crippen molar-refractivity contribution in [2.45, 2.75) is 25.7 Å². The molecule has 16 heteroatoms. The third-order valence-corrected chi connectivity index (χ3v) is 11.9. The van der Waals surface area contributed by atoms with Crippen molar-refractivity contribution < 1.29 is 45.2 Å². The zero-order chi connectivity index (χ0) is 50.4. The monoisotopic (exact) mass is 1130 g/mol. The van der Waals surface area contributed by atoms with Gasteiger partial charge in [-0.25, -0.2) is 9.97 Å². The fourth-order valence-corrected chi connectivity index (χ4v) is 8.41. The molecule has 72 heavy (non-hydrogen) atoms. The first-order valence-electron chi connectivity index (χ1n) is 21.5. The van der Waals surface area contributed by atoms with Gasteiger partial charge in [0, 0.05) is 90.8 Å². The first-order valence-corrected chi connectivity index (χ1v) is 23.1. The van der Waals surface area contributed by atoms with Crippen LogP contribution in [0.5, 0.6) is 0 Å². The Labute approximate surface area is 461 Å². The number of halogens is 4. The smallest absolute Gasteiger partial charge is 2.00 e. The number of benzene rings is 4. The summed E-state index contributed by atoms with van der Waals surface area (Å²) in [6.45, 7) is 22.0. The van der Waals surface area contributed by atoms with Gasteiger partial charge < -0.3 is 19.4 Å². The van der Waals surface area contributed by atoms with E-state index in [-0.39, 0.29) is 36.9 Å². The summed E-state index contributed by atoms with van der Waals surface area (Å²) in [6.07, 6.45) is 13.4. The minimum atomic E-state index is 0. The Morgan fingerprint density at radius 1 is 0.347 bits per heavy atom. The van der Waals surface area contributed by atoms with Crippen molar-refractivity contribution in [3.63, 3.8) is 0 Å². The maximum Gasteiger partial charge on any atom is 3.00 e. The molecule has 0 saturated carbocycles. The Hall–Kier alpha value is -5.32. The average molecular weight is 1130 g/mol. The third-order valence-electron chi connectivity index (χ3n) is 10.9. The van der Waals surface area contributed by atoms with Crippen LogP contribution in [-0.2, 0) is 45.2 Å². The van der Waals surface area contributed by atoms with Crippen molar-refractivity contribution >= 4 is 113 Å². The molecular formula is C56H42Cl4GaMnN4O6+5. The van der Waals surface area contributed by atoms with E-state index in [0.29, 0.717) is 20.1 Å². The van der Waals surface area contributed by atoms with Crippen molar-refractivity contribution in [3.05, 3.63) is 191 Å². The molecule has 0 aliphatic carbocycles. The fraction of sp³-hybridized carbons (Fsp3) is 0.143. The number of rotatable bonds is 4. The molecule has 1 radical (unpaired) electrons. The Balaban J connectivity index is 0.000000593. The molecule has 0 atom stereocenters. The Kier molecular flexibility index (Phi) is 27.1. The molecule has 11 rings (SSSR count). The normalized spacial score (nSPS) is 12.2. The van der Waals surface area contributed by atoms with Crippen LogP contribution < -0.4 is 0 Å². The van der Waals surface area contributed by atoms with Gasteiger partial charge in [-0.1, -0.05) is 94.9 Å². The first-order chi connectivity index (χ1) is 34.4. The zero-order valence-electron chi connectivity index (χ0n) is 38.3. The first kappa shape index (κ1) is 61.0. The summed E-state index contributed by atoms with van der Waals surface area (Å²) in [7, 11) is 0. The summed E-state index contributed by atoms with van der Waals surface area (Å²) in [5, 5.41) is 2.64. The van der Waals surface area contributed by atoms with Crippen LogP contribution in [-0.4, -0.2) is 66.2 Å². The van der Waals surface area contributed by atoms with Gasteiger partial charge >= 0.3 is 82.1 Å². The third kappa shape index (κ3) is 15.8. The SMILES string of the molecule is C1CCOC1.C1CCOC1.Clc1ccc(-c2c3nc(c(-c4ccc(Cl)cc4)c4ccc([nH]4)c(-c4ccc(Cl)cc4)c4nc(c(-c5ccc(Cl)cc5)c5ccc2[nH]5)C=C4)C=C3)cc1.[C-]#[O+].[C-]#[O+].[C-]#[O+].[C-]#[O+].[Ga+3].[Mn+2]. The van der Waals surface area contributed by atoms with Crippen LogP contribution in [0.1, 0.15) is 48.5 Å². The number of aromatic amines is 2. The molecule has 2 fully saturated rings. The minimum absolute atomic E-state index is 0. The molecule has 8 bridgehead atoms. The molecule has 4 aliphatic heterocycles. The molecule has 0 amide bonds. The maximum absolute atomic E-state index is 7.50. The van der Waals surface area contributed by atoms with Crippen LogP contribution >= 0.6 is 46.4 Å². The van der Waals surface area contributed by atoms with E-state index in [1.54, 1.807) is 0 Å². The maximum atomic E-state index is 7.50. The standard InChI is InChI=1S/C44H26Cl4N4.2C4H8O.4CO.Ga.Mn/c45-29-9-1-25(2-10-29)41-33-17-19-35(49-33)42(26-3-11-30(46)12-4-26)37-21-23-39(51-37)44(28-7-15-32(48)16-8-28)40-24-22-38(52-40)43(36-20-18-34(41)50-36)27-5-13-31(47)14-6-27;2*1-2-4-5-3-1;4*1-2;;/h1-24,49,52H;2*1-4H2;;;;;;/q;;;;;;;+3;+2. The van der Waals surface area contributed by atoms with Gasteiger partial charge in [-0.05, 0) is 145 Å². The molecule has 7 heterocycles. The van der Waals surface area contributed by atoms with Gasteiger partial charge in [0.05, 0.1) is 22.8 Å². The molecule has 2 N–H and O–H groups in total. The van der Waals surface area contributed by atoms with Gasteiger partial charge in [-0.3, -0.25) is 0 Å². The Morgan fingerprint density at radius 3 is 0.708 bits per heavy atom. The molecule has 3 aromatic heterocycles. The predicted octanol–water partition coefficient (Wildman–Crippen LogP) is 15.0. The molecule has 10 nitrogen and oxygen atoms in total. The molecule has 2 saturated heterocycles. The quantitative estimate of drug-likeness (QED) is 0.102. The van der Waals surface area contributed by atoms with Crippen LogP contribution in [0.3, 0.4) is 0 Å². The van der Waals surface area contributed by atoms with Crippen molar-refractivity contribution in [2.24, 2.45) is 0 Å². The zero-order valence-corrected chi connectivity index (χ0v) is 45.0. The van der Waals surface area contributed by atoms with Gasteiger partial charge in [0.25, 0.3) is 0 Å². The Morgan fingerprint density at radius 2 is 0.542 bits per heavy atom. The van der Waals surface area contributed by atoms with Gasteiger partial charge in [0.15, 0.2) is 0 Å². The fourth-order valence-electron chi connectivity index (χ4n) is 7.91. The molecule has 4 aliphatic rings. The van der Waals surface area contributed by atoms with E-state index in [2.05, 4.69) is 85.1 Å². The van der Waals surface area contributed by atoms with Gasteiger partial charge in [-0.2, -0.15) is 0 Å². The van der Waals surface area contributed by atoms with E-state index in [1.807, 2.05) is 97.1 Å². The topological polar surface area (TPSA) is 155 Å². The number of nitrogens with zero attached hydrogens (tertiary/aromatic N) is 2. The van der Waals surface area contributed by atoms with Crippen LogP contribution in [0.25, 0.3) is 90.9 Å². The summed E-state index contributed by atoms with van der Waals surface area (Å²) < 4.78 is 39.9. The largest absolute Gasteiger partial charge is 3.00 e. The summed E-state index contributed by atoms with van der Waals surface area (Å²) >= 11 is 25.5. The van der Waals surface area contributed by atoms with Crippen molar-refractivity contribution in [1.29, 1.82) is 0 Å². The Bertz CT molecular complexity index is 2740. The van der Waals surface area contributed by atoms with E-state index in [4.69, 9.17) is 84.5 Å². The number of hydrogen-bond donors (Lipinski definition) is 2.